The van der Waals surface area contributed by atoms with Gasteiger partial charge in [0.2, 0.25) is 6.54 Å². The first-order valence-corrected chi connectivity index (χ1v) is 6.80. The van der Waals surface area contributed by atoms with Gasteiger partial charge in [-0.2, -0.15) is 9.67 Å². The van der Waals surface area contributed by atoms with Crippen molar-refractivity contribution >= 4 is 29.8 Å². The Labute approximate surface area is 128 Å². The summed E-state index contributed by atoms with van der Waals surface area (Å²) < 4.78 is 1.76. The molecule has 5 heteroatoms. The van der Waals surface area contributed by atoms with Gasteiger partial charge in [-0.15, -0.1) is 0 Å². The van der Waals surface area contributed by atoms with Crippen LogP contribution in [-0.4, -0.2) is 12.1 Å². The quantitative estimate of drug-likeness (QED) is 0.514. The number of hydrogen-bond donors (Lipinski definition) is 1. The Hall–Kier alpha value is -2.46. The molecule has 21 heavy (non-hydrogen) atoms. The van der Waals surface area contributed by atoms with E-state index < -0.39 is 0 Å². The number of nitrogens with one attached hydrogen (secondary N) is 1. The molecule has 0 aliphatic heterocycles. The molecule has 0 saturated heterocycles. The highest BCUT2D eigenvalue weighted by molar-refractivity contribution is 6.41. The van der Waals surface area contributed by atoms with E-state index in [0.29, 0.717) is 5.03 Å². The topological polar surface area (TPSA) is 45.3 Å². The molecule has 0 radical (unpaired) electrons. The lowest BCUT2D eigenvalue weighted by Crippen LogP contribution is -2.40. The van der Waals surface area contributed by atoms with E-state index in [1.165, 1.54) is 6.21 Å². The van der Waals surface area contributed by atoms with Gasteiger partial charge in [-0.05, 0) is 11.6 Å². The predicted octanol–water partition coefficient (Wildman–Crippen LogP) is 2.36. The summed E-state index contributed by atoms with van der Waals surface area (Å²) >= 11 is 6.01. The maximum absolute atomic E-state index is 11.6. The first-order valence-electron chi connectivity index (χ1n) is 6.42. The smallest absolute Gasteiger partial charge is 0.266 e. The third-order valence-electron chi connectivity index (χ3n) is 2.58. The van der Waals surface area contributed by atoms with Crippen molar-refractivity contribution in [3.63, 3.8) is 0 Å². The second-order valence-corrected chi connectivity index (χ2v) is 4.72. The summed E-state index contributed by atoms with van der Waals surface area (Å²) in [6.07, 6.45) is 6.79. The zero-order chi connectivity index (χ0) is 14.9. The molecule has 1 N–H and O–H groups in total. The van der Waals surface area contributed by atoms with E-state index in [1.54, 1.807) is 10.6 Å². The Kier molecular flexibility index (Phi) is 5.67. The Balaban J connectivity index is 1.84. The van der Waals surface area contributed by atoms with Gasteiger partial charge in [0, 0.05) is 12.1 Å². The molecule has 2 aromatic rings. The largest absolute Gasteiger partial charge is 0.305 e. The van der Waals surface area contributed by atoms with Gasteiger partial charge in [-0.25, -0.2) is 5.43 Å². The normalized spacial score (nSPS) is 11.6. The summed E-state index contributed by atoms with van der Waals surface area (Å²) in [4.78, 5) is 11.6. The molecule has 4 nitrogen and oxygen atoms in total. The van der Waals surface area contributed by atoms with Gasteiger partial charge in [0.1, 0.15) is 0 Å². The van der Waals surface area contributed by atoms with E-state index in [1.807, 2.05) is 60.9 Å². The molecule has 0 aliphatic carbocycles. The number of allylic oxidation sites excluding steroid dienone is 1. The van der Waals surface area contributed by atoms with Crippen LogP contribution < -0.4 is 9.99 Å². The lowest BCUT2D eigenvalue weighted by Gasteiger charge is -1.96. The van der Waals surface area contributed by atoms with Crippen LogP contribution in [0.2, 0.25) is 0 Å². The fraction of sp³-hybridized carbons (Fsp3) is 0.0625. The molecule has 2 rings (SSSR count). The minimum Gasteiger partial charge on any atom is -0.266 e. The van der Waals surface area contributed by atoms with E-state index in [-0.39, 0.29) is 12.5 Å². The number of rotatable bonds is 5. The molecule has 0 aliphatic rings. The van der Waals surface area contributed by atoms with Crippen LogP contribution in [-0.2, 0) is 11.3 Å². The van der Waals surface area contributed by atoms with Gasteiger partial charge in [0.25, 0.3) is 0 Å². The number of pyridine rings is 1. The van der Waals surface area contributed by atoms with Gasteiger partial charge in [0.15, 0.2) is 12.4 Å². The number of carbonyl (C=O) groups excluding carboxylic acids is 1. The third-order valence-corrected chi connectivity index (χ3v) is 2.79. The van der Waals surface area contributed by atoms with E-state index in [2.05, 4.69) is 10.5 Å². The molecule has 1 amide bonds. The minimum absolute atomic E-state index is 0.207. The molecule has 0 saturated carbocycles. The van der Waals surface area contributed by atoms with E-state index >= 15 is 0 Å². The van der Waals surface area contributed by atoms with Crippen molar-refractivity contribution in [1.29, 1.82) is 0 Å². The first kappa shape index (κ1) is 14.9. The van der Waals surface area contributed by atoms with Crippen LogP contribution in [0.25, 0.3) is 6.08 Å². The van der Waals surface area contributed by atoms with Gasteiger partial charge in [-0.3, -0.25) is 4.79 Å². The van der Waals surface area contributed by atoms with Crippen molar-refractivity contribution in [2.24, 2.45) is 5.10 Å². The van der Waals surface area contributed by atoms with E-state index in [0.717, 1.165) is 5.56 Å². The Morgan fingerprint density at radius 1 is 1.14 bits per heavy atom. The summed E-state index contributed by atoms with van der Waals surface area (Å²) in [5.41, 5.74) is 3.40. The van der Waals surface area contributed by atoms with E-state index in [4.69, 9.17) is 11.6 Å². The van der Waals surface area contributed by atoms with Crippen molar-refractivity contribution in [2.75, 3.05) is 0 Å². The SMILES string of the molecule is O=C(C[n+]1ccccc1)N/N=C\C(Cl)=C/c1ccccc1. The fourth-order valence-electron chi connectivity index (χ4n) is 1.65. The Bertz CT molecular complexity index is 639. The molecule has 0 bridgehead atoms. The van der Waals surface area contributed by atoms with Gasteiger partial charge in [-0.1, -0.05) is 48.0 Å². The predicted molar refractivity (Wildman–Crippen MR) is 83.5 cm³/mol. The number of benzene rings is 1. The Morgan fingerprint density at radius 2 is 1.81 bits per heavy atom. The summed E-state index contributed by atoms with van der Waals surface area (Å²) in [7, 11) is 0. The van der Waals surface area contributed by atoms with Crippen LogP contribution in [0.15, 0.2) is 71.1 Å². The molecule has 0 spiro atoms. The van der Waals surface area contributed by atoms with Crippen molar-refractivity contribution in [1.82, 2.24) is 5.43 Å². The molecule has 106 valence electrons. The second kappa shape index (κ2) is 7.97. The first-order chi connectivity index (χ1) is 10.2. The minimum atomic E-state index is -0.216. The molecular formula is C16H15ClN3O+. The molecule has 1 aromatic carbocycles. The second-order valence-electron chi connectivity index (χ2n) is 4.28. The summed E-state index contributed by atoms with van der Waals surface area (Å²) in [6, 6.07) is 15.2. The number of nitrogens with zero attached hydrogens (tertiary/aromatic N) is 2. The number of hydrazone groups is 1. The lowest BCUT2D eigenvalue weighted by atomic mass is 10.2. The highest BCUT2D eigenvalue weighted by Gasteiger charge is 2.06. The standard InChI is InChI=1S/C16H14ClN3O/c17-15(11-14-7-3-1-4-8-14)12-18-19-16(21)13-20-9-5-2-6-10-20/h1-12H,13H2/p+1/b15-11+,18-12-. The third kappa shape index (κ3) is 5.58. The highest BCUT2D eigenvalue weighted by Crippen LogP contribution is 2.07. The van der Waals surface area contributed by atoms with Crippen LogP contribution in [0.5, 0.6) is 0 Å². The maximum atomic E-state index is 11.6. The number of aromatic nitrogens is 1. The van der Waals surface area contributed by atoms with Crippen LogP contribution >= 0.6 is 11.6 Å². The molecular weight excluding hydrogens is 286 g/mol. The zero-order valence-electron chi connectivity index (χ0n) is 11.3. The number of carbonyl (C=O) groups is 1. The van der Waals surface area contributed by atoms with Gasteiger partial charge >= 0.3 is 5.91 Å². The zero-order valence-corrected chi connectivity index (χ0v) is 12.1. The molecule has 0 atom stereocenters. The number of hydrogen-bond acceptors (Lipinski definition) is 2. The maximum Gasteiger partial charge on any atom is 0.305 e. The Morgan fingerprint density at radius 3 is 2.52 bits per heavy atom. The van der Waals surface area contributed by atoms with Gasteiger partial charge in [0.05, 0.1) is 11.2 Å². The highest BCUT2D eigenvalue weighted by atomic mass is 35.5. The van der Waals surface area contributed by atoms with E-state index in [9.17, 15) is 4.79 Å². The molecule has 1 aromatic heterocycles. The monoisotopic (exact) mass is 300 g/mol. The fourth-order valence-corrected chi connectivity index (χ4v) is 1.83. The molecule has 0 fully saturated rings. The molecule has 0 unspecified atom stereocenters. The van der Waals surface area contributed by atoms with Crippen LogP contribution in [0.1, 0.15) is 5.56 Å². The van der Waals surface area contributed by atoms with Crippen LogP contribution in [0.3, 0.4) is 0 Å². The number of halogens is 1. The summed E-state index contributed by atoms with van der Waals surface area (Å²) in [5, 5.41) is 4.26. The average Bonchev–Trinajstić information content (AvgIpc) is 2.49. The summed E-state index contributed by atoms with van der Waals surface area (Å²) in [5.74, 6) is -0.216. The van der Waals surface area contributed by atoms with Crippen molar-refractivity contribution in [2.45, 2.75) is 6.54 Å². The average molecular weight is 301 g/mol. The van der Waals surface area contributed by atoms with Crippen molar-refractivity contribution < 1.29 is 9.36 Å². The lowest BCUT2D eigenvalue weighted by molar-refractivity contribution is -0.684. The number of amides is 1. The molecule has 1 heterocycles. The van der Waals surface area contributed by atoms with Crippen molar-refractivity contribution in [3.05, 3.63) is 71.5 Å². The van der Waals surface area contributed by atoms with Gasteiger partial charge < -0.3 is 0 Å². The van der Waals surface area contributed by atoms with Crippen molar-refractivity contribution in [3.8, 4) is 0 Å². The van der Waals surface area contributed by atoms with Crippen LogP contribution in [0.4, 0.5) is 0 Å². The summed E-state index contributed by atoms with van der Waals surface area (Å²) in [6.45, 7) is 0.207. The van der Waals surface area contributed by atoms with Crippen LogP contribution in [0, 0.1) is 0 Å².